The molecule has 0 saturated heterocycles. The first-order valence-corrected chi connectivity index (χ1v) is 18.6. The van der Waals surface area contributed by atoms with E-state index in [1.54, 1.807) is 11.0 Å². The van der Waals surface area contributed by atoms with Gasteiger partial charge in [-0.25, -0.2) is 0 Å². The van der Waals surface area contributed by atoms with Crippen LogP contribution in [0, 0.1) is 11.3 Å². The summed E-state index contributed by atoms with van der Waals surface area (Å²) >= 11 is 0. The summed E-state index contributed by atoms with van der Waals surface area (Å²) in [6, 6.07) is 20.2. The van der Waals surface area contributed by atoms with Crippen LogP contribution in [0.1, 0.15) is 24.5 Å². The highest BCUT2D eigenvalue weighted by Crippen LogP contribution is 2.50. The minimum absolute atomic E-state index is 0.108. The predicted octanol–water partition coefficient (Wildman–Crippen LogP) is 6.36. The van der Waals surface area contributed by atoms with Gasteiger partial charge in [-0.2, -0.15) is 5.26 Å². The van der Waals surface area contributed by atoms with Crippen LogP contribution in [0.3, 0.4) is 0 Å². The highest BCUT2D eigenvalue weighted by molar-refractivity contribution is 6.70. The summed E-state index contributed by atoms with van der Waals surface area (Å²) in [6.45, 7) is 14.7. The lowest BCUT2D eigenvalue weighted by atomic mass is 9.83. The summed E-state index contributed by atoms with van der Waals surface area (Å²) in [5.41, 5.74) is 0.0965. The number of carbonyl (C=O) groups excluding carboxylic acids is 1. The molecule has 7 heteroatoms. The Morgan fingerprint density at radius 3 is 2.18 bits per heavy atom. The predicted molar refractivity (Wildman–Crippen MR) is 142 cm³/mol. The fourth-order valence-electron chi connectivity index (χ4n) is 4.66. The molecule has 0 bridgehead atoms. The lowest BCUT2D eigenvalue weighted by molar-refractivity contribution is -0.137. The molecule has 180 valence electrons. The summed E-state index contributed by atoms with van der Waals surface area (Å²) in [6.07, 6.45) is 3.73. The van der Waals surface area contributed by atoms with Crippen molar-refractivity contribution in [1.82, 2.24) is 0 Å². The Balaban J connectivity index is 2.20. The van der Waals surface area contributed by atoms with Crippen LogP contribution in [0.4, 0.5) is 5.69 Å². The fourth-order valence-corrected chi connectivity index (χ4v) is 7.25. The number of rotatable bonds is 9. The van der Waals surface area contributed by atoms with Crippen LogP contribution < -0.4 is 4.90 Å². The van der Waals surface area contributed by atoms with E-state index in [1.807, 2.05) is 67.6 Å². The van der Waals surface area contributed by atoms with Gasteiger partial charge < -0.3 is 13.8 Å². The zero-order valence-electron chi connectivity index (χ0n) is 21.4. The zero-order valence-corrected chi connectivity index (χ0v) is 23.4. The number of anilines is 1. The van der Waals surface area contributed by atoms with Gasteiger partial charge in [0.2, 0.25) is 0 Å². The molecule has 1 heterocycles. The van der Waals surface area contributed by atoms with Crippen molar-refractivity contribution in [2.45, 2.75) is 70.4 Å². The van der Waals surface area contributed by atoms with E-state index in [0.717, 1.165) is 16.8 Å². The van der Waals surface area contributed by atoms with Crippen molar-refractivity contribution in [2.24, 2.45) is 0 Å². The van der Waals surface area contributed by atoms with E-state index >= 15 is 0 Å². The molecule has 0 radical (unpaired) electrons. The van der Waals surface area contributed by atoms with Crippen LogP contribution in [0.15, 0.2) is 66.7 Å². The minimum atomic E-state index is -2.25. The number of para-hydroxylation sites is 1. The summed E-state index contributed by atoms with van der Waals surface area (Å²) in [5, 5.41) is 10.4. The Hall–Kier alpha value is -2.51. The molecule has 1 aliphatic heterocycles. The van der Waals surface area contributed by atoms with Gasteiger partial charge in [0.25, 0.3) is 5.91 Å². The van der Waals surface area contributed by atoms with E-state index < -0.39 is 27.8 Å². The van der Waals surface area contributed by atoms with Crippen LogP contribution in [0.5, 0.6) is 0 Å². The van der Waals surface area contributed by atoms with E-state index in [1.165, 1.54) is 0 Å². The van der Waals surface area contributed by atoms with Crippen LogP contribution in [0.25, 0.3) is 0 Å². The third-order valence-electron chi connectivity index (χ3n) is 5.51. The molecule has 3 rings (SSSR count). The maximum Gasteiger partial charge on any atom is 0.263 e. The first kappa shape index (κ1) is 26.1. The second kappa shape index (κ2) is 9.63. The van der Waals surface area contributed by atoms with Crippen LogP contribution in [0.2, 0.25) is 39.3 Å². The third-order valence-corrected chi connectivity index (χ3v) is 7.45. The quantitative estimate of drug-likeness (QED) is 0.302. The summed E-state index contributed by atoms with van der Waals surface area (Å²) in [7, 11) is -4.39. The monoisotopic (exact) mass is 492 g/mol. The molecule has 2 unspecified atom stereocenters. The van der Waals surface area contributed by atoms with Crippen molar-refractivity contribution in [1.29, 1.82) is 5.26 Å². The van der Waals surface area contributed by atoms with Crippen LogP contribution in [-0.4, -0.2) is 28.1 Å². The molecule has 0 N–H and O–H groups in total. The fraction of sp³-hybridized carbons (Fsp3) is 0.407. The highest BCUT2D eigenvalue weighted by atomic mass is 28.4. The first-order chi connectivity index (χ1) is 15.8. The lowest BCUT2D eigenvalue weighted by Gasteiger charge is -2.41. The zero-order chi connectivity index (χ0) is 25.2. The second-order valence-electron chi connectivity index (χ2n) is 10.8. The molecule has 5 nitrogen and oxygen atoms in total. The average Bonchev–Trinajstić information content (AvgIpc) is 2.95. The van der Waals surface area contributed by atoms with Gasteiger partial charge in [-0.3, -0.25) is 4.79 Å². The van der Waals surface area contributed by atoms with E-state index in [-0.39, 0.29) is 12.3 Å². The summed E-state index contributed by atoms with van der Waals surface area (Å²) in [5.74, 6) is -0.136. The lowest BCUT2D eigenvalue weighted by Crippen LogP contribution is -2.53. The van der Waals surface area contributed by atoms with Crippen molar-refractivity contribution in [2.75, 3.05) is 4.90 Å². The number of nitriles is 1. The topological polar surface area (TPSA) is 62.6 Å². The minimum Gasteiger partial charge on any atom is -0.400 e. The van der Waals surface area contributed by atoms with Gasteiger partial charge in [0.1, 0.15) is 6.07 Å². The molecule has 34 heavy (non-hydrogen) atoms. The van der Waals surface area contributed by atoms with E-state index in [2.05, 4.69) is 45.4 Å². The van der Waals surface area contributed by atoms with Gasteiger partial charge in [-0.05, 0) is 63.9 Å². The molecule has 2 aromatic rings. The number of fused-ring (bicyclic) bond motifs is 1. The SMILES string of the molecule is C/C=C/C(C#N)(CC1(O[Si](C)(C)C)C(=O)N(Cc2ccccc2)c2ccccc21)O[Si](C)(C)C. The van der Waals surface area contributed by atoms with Crippen molar-refractivity contribution < 1.29 is 13.6 Å². The number of benzene rings is 2. The Morgan fingerprint density at radius 2 is 1.62 bits per heavy atom. The maximum absolute atomic E-state index is 14.4. The first-order valence-electron chi connectivity index (χ1n) is 11.8. The molecule has 2 atom stereocenters. The molecular formula is C27H36N2O3Si2. The van der Waals surface area contributed by atoms with Gasteiger partial charge in [0, 0.05) is 12.0 Å². The second-order valence-corrected chi connectivity index (χ2v) is 19.7. The molecule has 0 saturated carbocycles. The largest absolute Gasteiger partial charge is 0.400 e. The molecular weight excluding hydrogens is 456 g/mol. The third kappa shape index (κ3) is 5.58. The number of allylic oxidation sites excluding steroid dienone is 1. The average molecular weight is 493 g/mol. The van der Waals surface area contributed by atoms with Gasteiger partial charge in [-0.15, -0.1) is 0 Å². The van der Waals surface area contributed by atoms with E-state index in [0.29, 0.717) is 6.54 Å². The number of nitrogens with zero attached hydrogens (tertiary/aromatic N) is 2. The summed E-state index contributed by atoms with van der Waals surface area (Å²) < 4.78 is 13.3. The van der Waals surface area contributed by atoms with Crippen LogP contribution in [-0.2, 0) is 25.8 Å². The maximum atomic E-state index is 14.4. The van der Waals surface area contributed by atoms with Crippen molar-refractivity contribution >= 4 is 28.2 Å². The van der Waals surface area contributed by atoms with Crippen LogP contribution >= 0.6 is 0 Å². The van der Waals surface area contributed by atoms with Crippen molar-refractivity contribution in [3.8, 4) is 6.07 Å². The smallest absolute Gasteiger partial charge is 0.263 e. The molecule has 1 aliphatic rings. The van der Waals surface area contributed by atoms with Gasteiger partial charge in [0.05, 0.1) is 12.2 Å². The Labute approximate surface area is 206 Å². The normalized spacial score (nSPS) is 20.3. The molecule has 2 aromatic carbocycles. The Morgan fingerprint density at radius 1 is 1.00 bits per heavy atom. The number of amides is 1. The van der Waals surface area contributed by atoms with Gasteiger partial charge >= 0.3 is 0 Å². The standard InChI is InChI=1S/C27H36N2O3Si2/c1-8-18-26(21-28,31-33(2,3)4)20-27(32-34(5,6)7)23-16-12-13-17-24(23)29(25(27)30)19-22-14-10-9-11-15-22/h8-18H,19-20H2,1-7H3/b18-8+. The molecule has 0 aromatic heterocycles. The molecule has 0 spiro atoms. The van der Waals surface area contributed by atoms with E-state index in [9.17, 15) is 10.1 Å². The number of hydrogen-bond donors (Lipinski definition) is 0. The highest BCUT2D eigenvalue weighted by Gasteiger charge is 2.58. The molecule has 1 amide bonds. The molecule has 0 aliphatic carbocycles. The van der Waals surface area contributed by atoms with Crippen molar-refractivity contribution in [3.05, 3.63) is 77.9 Å². The van der Waals surface area contributed by atoms with Crippen molar-refractivity contribution in [3.63, 3.8) is 0 Å². The summed E-state index contributed by atoms with van der Waals surface area (Å²) in [4.78, 5) is 16.2. The van der Waals surface area contributed by atoms with E-state index in [4.69, 9.17) is 8.85 Å². The Kier molecular flexibility index (Phi) is 7.39. The Bertz CT molecular complexity index is 1100. The molecule has 0 fully saturated rings. The van der Waals surface area contributed by atoms with Gasteiger partial charge in [-0.1, -0.05) is 54.6 Å². The number of carbonyl (C=O) groups is 1. The number of hydrogen-bond acceptors (Lipinski definition) is 4. The van der Waals surface area contributed by atoms with Gasteiger partial charge in [0.15, 0.2) is 27.8 Å².